The first-order chi connectivity index (χ1) is 7.38. The van der Waals surface area contributed by atoms with Crippen LogP contribution in [0.4, 0.5) is 0 Å². The maximum Gasteiger partial charge on any atom is 0.0593 e. The van der Waals surface area contributed by atoms with Crippen LogP contribution in [0.5, 0.6) is 0 Å². The average Bonchev–Trinajstić information content (AvgIpc) is 2.29. The van der Waals surface area contributed by atoms with Crippen molar-refractivity contribution in [1.82, 2.24) is 4.90 Å². The second kappa shape index (κ2) is 8.08. The third kappa shape index (κ3) is 4.96. The molecular weight excluding hydrogens is 188 g/mol. The molecule has 0 spiro atoms. The lowest BCUT2D eigenvalue weighted by molar-refractivity contribution is 0.0841. The highest BCUT2D eigenvalue weighted by Crippen LogP contribution is 2.22. The molecule has 15 heavy (non-hydrogen) atoms. The number of hydrogen-bond acceptors (Lipinski definition) is 3. The second-order valence-corrected chi connectivity index (χ2v) is 4.31. The van der Waals surface area contributed by atoms with Gasteiger partial charge < -0.3 is 10.5 Å². The van der Waals surface area contributed by atoms with Crippen LogP contribution >= 0.6 is 0 Å². The topological polar surface area (TPSA) is 38.5 Å². The summed E-state index contributed by atoms with van der Waals surface area (Å²) in [7, 11) is 0. The van der Waals surface area contributed by atoms with Crippen LogP contribution in [-0.4, -0.2) is 43.8 Å². The Labute approximate surface area is 94.0 Å². The van der Waals surface area contributed by atoms with Gasteiger partial charge in [0.2, 0.25) is 0 Å². The Bertz CT molecular complexity index is 147. The number of nitrogens with two attached hydrogens (primary N) is 1. The lowest BCUT2D eigenvalue weighted by Gasteiger charge is -2.33. The molecule has 0 amide bonds. The minimum Gasteiger partial charge on any atom is -0.380 e. The van der Waals surface area contributed by atoms with Crippen LogP contribution in [0.3, 0.4) is 0 Å². The van der Waals surface area contributed by atoms with Crippen molar-refractivity contribution in [2.45, 2.75) is 45.1 Å². The average molecular weight is 214 g/mol. The van der Waals surface area contributed by atoms with Crippen LogP contribution < -0.4 is 5.73 Å². The van der Waals surface area contributed by atoms with Crippen molar-refractivity contribution in [3.63, 3.8) is 0 Å². The first kappa shape index (κ1) is 12.9. The van der Waals surface area contributed by atoms with Crippen LogP contribution in [0.15, 0.2) is 0 Å². The summed E-state index contributed by atoms with van der Waals surface area (Å²) in [6.45, 7) is 6.57. The van der Waals surface area contributed by atoms with Gasteiger partial charge in [0.05, 0.1) is 6.61 Å². The standard InChI is InChI=1S/C12H26N2O/c1-2-15-11-10-14(9-8-13)12-6-4-3-5-7-12/h12H,2-11,13H2,1H3. The van der Waals surface area contributed by atoms with Gasteiger partial charge >= 0.3 is 0 Å². The molecule has 0 unspecified atom stereocenters. The summed E-state index contributed by atoms with van der Waals surface area (Å²) in [6.07, 6.45) is 6.90. The van der Waals surface area contributed by atoms with E-state index in [1.165, 1.54) is 32.1 Å². The fourth-order valence-corrected chi connectivity index (χ4v) is 2.42. The van der Waals surface area contributed by atoms with Crippen molar-refractivity contribution >= 4 is 0 Å². The fourth-order valence-electron chi connectivity index (χ4n) is 2.42. The van der Waals surface area contributed by atoms with Crippen LogP contribution in [0.2, 0.25) is 0 Å². The van der Waals surface area contributed by atoms with E-state index in [1.807, 2.05) is 6.92 Å². The van der Waals surface area contributed by atoms with Crippen molar-refractivity contribution in [3.05, 3.63) is 0 Å². The Morgan fingerprint density at radius 1 is 1.20 bits per heavy atom. The first-order valence-electron chi connectivity index (χ1n) is 6.40. The van der Waals surface area contributed by atoms with Crippen molar-refractivity contribution in [2.24, 2.45) is 5.73 Å². The summed E-state index contributed by atoms with van der Waals surface area (Å²) < 4.78 is 5.42. The van der Waals surface area contributed by atoms with E-state index >= 15 is 0 Å². The SMILES string of the molecule is CCOCCN(CCN)C1CCCCC1. The summed E-state index contributed by atoms with van der Waals surface area (Å²) in [4.78, 5) is 2.52. The number of rotatable bonds is 7. The number of nitrogens with zero attached hydrogens (tertiary/aromatic N) is 1. The normalized spacial score (nSPS) is 18.6. The van der Waals surface area contributed by atoms with Crippen molar-refractivity contribution in [1.29, 1.82) is 0 Å². The summed E-state index contributed by atoms with van der Waals surface area (Å²) >= 11 is 0. The van der Waals surface area contributed by atoms with Gasteiger partial charge in [-0.2, -0.15) is 0 Å². The highest BCUT2D eigenvalue weighted by Gasteiger charge is 2.19. The monoisotopic (exact) mass is 214 g/mol. The number of hydrogen-bond donors (Lipinski definition) is 1. The minimum atomic E-state index is 0.766. The molecule has 0 heterocycles. The number of ether oxygens (including phenoxy) is 1. The molecule has 2 N–H and O–H groups in total. The summed E-state index contributed by atoms with van der Waals surface area (Å²) in [6, 6.07) is 0.766. The molecule has 1 rings (SSSR count). The molecule has 0 radical (unpaired) electrons. The molecule has 0 aliphatic heterocycles. The Morgan fingerprint density at radius 2 is 1.93 bits per heavy atom. The molecule has 0 aromatic carbocycles. The second-order valence-electron chi connectivity index (χ2n) is 4.31. The van der Waals surface area contributed by atoms with Gasteiger partial charge in [0.25, 0.3) is 0 Å². The lowest BCUT2D eigenvalue weighted by atomic mass is 9.94. The van der Waals surface area contributed by atoms with Crippen molar-refractivity contribution in [3.8, 4) is 0 Å². The van der Waals surface area contributed by atoms with E-state index in [0.717, 1.165) is 38.9 Å². The maximum absolute atomic E-state index is 5.66. The van der Waals surface area contributed by atoms with Gasteiger partial charge in [-0.15, -0.1) is 0 Å². The highest BCUT2D eigenvalue weighted by atomic mass is 16.5. The molecule has 1 saturated carbocycles. The molecule has 1 aliphatic carbocycles. The molecule has 1 aliphatic rings. The van der Waals surface area contributed by atoms with E-state index in [4.69, 9.17) is 10.5 Å². The summed E-state index contributed by atoms with van der Waals surface area (Å²) in [5.74, 6) is 0. The molecule has 3 heteroatoms. The largest absolute Gasteiger partial charge is 0.380 e. The Kier molecular flexibility index (Phi) is 6.98. The molecule has 90 valence electrons. The Hall–Kier alpha value is -0.120. The van der Waals surface area contributed by atoms with Crippen molar-refractivity contribution < 1.29 is 4.74 Å². The maximum atomic E-state index is 5.66. The zero-order valence-electron chi connectivity index (χ0n) is 10.1. The summed E-state index contributed by atoms with van der Waals surface area (Å²) in [5.41, 5.74) is 5.66. The zero-order valence-corrected chi connectivity index (χ0v) is 10.1. The van der Waals surface area contributed by atoms with Gasteiger partial charge in [0.1, 0.15) is 0 Å². The van der Waals surface area contributed by atoms with Crippen LogP contribution in [0.1, 0.15) is 39.0 Å². The van der Waals surface area contributed by atoms with E-state index in [9.17, 15) is 0 Å². The third-order valence-electron chi connectivity index (χ3n) is 3.23. The lowest BCUT2D eigenvalue weighted by Crippen LogP contribution is -2.41. The van der Waals surface area contributed by atoms with Crippen LogP contribution in [0.25, 0.3) is 0 Å². The van der Waals surface area contributed by atoms with E-state index in [0.29, 0.717) is 0 Å². The molecule has 0 saturated heterocycles. The molecular formula is C12H26N2O. The minimum absolute atomic E-state index is 0.766. The van der Waals surface area contributed by atoms with Gasteiger partial charge in [0, 0.05) is 32.3 Å². The predicted molar refractivity (Wildman–Crippen MR) is 64.0 cm³/mol. The van der Waals surface area contributed by atoms with E-state index in [1.54, 1.807) is 0 Å². The van der Waals surface area contributed by atoms with Crippen LogP contribution in [-0.2, 0) is 4.74 Å². The molecule has 0 aromatic heterocycles. The highest BCUT2D eigenvalue weighted by molar-refractivity contribution is 4.75. The van der Waals surface area contributed by atoms with Gasteiger partial charge in [-0.25, -0.2) is 0 Å². The molecule has 0 bridgehead atoms. The first-order valence-corrected chi connectivity index (χ1v) is 6.40. The molecule has 1 fully saturated rings. The molecule has 0 atom stereocenters. The molecule has 3 nitrogen and oxygen atoms in total. The Morgan fingerprint density at radius 3 is 2.53 bits per heavy atom. The van der Waals surface area contributed by atoms with E-state index in [2.05, 4.69) is 4.90 Å². The van der Waals surface area contributed by atoms with Gasteiger partial charge in [-0.3, -0.25) is 4.90 Å². The zero-order chi connectivity index (χ0) is 10.9. The van der Waals surface area contributed by atoms with Crippen molar-refractivity contribution in [2.75, 3.05) is 32.8 Å². The van der Waals surface area contributed by atoms with Gasteiger partial charge in [0.15, 0.2) is 0 Å². The predicted octanol–water partition coefficient (Wildman–Crippen LogP) is 1.62. The van der Waals surface area contributed by atoms with Crippen LogP contribution in [0, 0.1) is 0 Å². The van der Waals surface area contributed by atoms with Gasteiger partial charge in [-0.05, 0) is 19.8 Å². The quantitative estimate of drug-likeness (QED) is 0.654. The molecule has 0 aromatic rings. The smallest absolute Gasteiger partial charge is 0.0593 e. The Balaban J connectivity index is 2.26. The van der Waals surface area contributed by atoms with E-state index in [-0.39, 0.29) is 0 Å². The van der Waals surface area contributed by atoms with Gasteiger partial charge in [-0.1, -0.05) is 19.3 Å². The third-order valence-corrected chi connectivity index (χ3v) is 3.23. The fraction of sp³-hybridized carbons (Fsp3) is 1.00. The van der Waals surface area contributed by atoms with E-state index < -0.39 is 0 Å². The summed E-state index contributed by atoms with van der Waals surface area (Å²) in [5, 5.41) is 0.